The van der Waals surface area contributed by atoms with Gasteiger partial charge in [-0.3, -0.25) is 4.68 Å². The summed E-state index contributed by atoms with van der Waals surface area (Å²) in [6.45, 7) is 4.33. The SMILES string of the molecule is CCC(C)n1nc(Nc2cccc(Cl)c2)c2cc(OC)ccc21. The molecule has 4 nitrogen and oxygen atoms in total. The largest absolute Gasteiger partial charge is 0.497 e. The molecule has 0 saturated carbocycles. The van der Waals surface area contributed by atoms with Gasteiger partial charge in [0.25, 0.3) is 0 Å². The molecule has 1 atom stereocenters. The van der Waals surface area contributed by atoms with Crippen molar-refractivity contribution in [3.63, 3.8) is 0 Å². The van der Waals surface area contributed by atoms with Crippen LogP contribution in [0.5, 0.6) is 5.75 Å². The Kier molecular flexibility index (Phi) is 4.44. The van der Waals surface area contributed by atoms with E-state index in [9.17, 15) is 0 Å². The molecular formula is C18H20ClN3O. The van der Waals surface area contributed by atoms with Crippen LogP contribution in [0.25, 0.3) is 10.9 Å². The van der Waals surface area contributed by atoms with Gasteiger partial charge in [-0.2, -0.15) is 5.10 Å². The Balaban J connectivity index is 2.10. The minimum absolute atomic E-state index is 0.320. The van der Waals surface area contributed by atoms with Crippen LogP contribution in [0.1, 0.15) is 26.3 Å². The summed E-state index contributed by atoms with van der Waals surface area (Å²) < 4.78 is 7.41. The quantitative estimate of drug-likeness (QED) is 0.680. The van der Waals surface area contributed by atoms with Crippen LogP contribution in [0.4, 0.5) is 11.5 Å². The zero-order valence-corrected chi connectivity index (χ0v) is 14.3. The summed E-state index contributed by atoms with van der Waals surface area (Å²) in [5.74, 6) is 1.62. The zero-order valence-electron chi connectivity index (χ0n) is 13.5. The fourth-order valence-electron chi connectivity index (χ4n) is 2.55. The van der Waals surface area contributed by atoms with Crippen LogP contribution in [0.15, 0.2) is 42.5 Å². The first-order valence-corrected chi connectivity index (χ1v) is 8.09. The third-order valence-corrected chi connectivity index (χ3v) is 4.24. The number of ether oxygens (including phenoxy) is 1. The first-order valence-electron chi connectivity index (χ1n) is 7.71. The van der Waals surface area contributed by atoms with E-state index in [1.807, 2.05) is 36.4 Å². The van der Waals surface area contributed by atoms with Crippen molar-refractivity contribution in [2.24, 2.45) is 0 Å². The standard InChI is InChI=1S/C18H20ClN3O/c1-4-12(2)22-17-9-8-15(23-3)11-16(17)18(21-22)20-14-7-5-6-13(19)10-14/h5-12H,4H2,1-3H3,(H,20,21). The number of halogens is 1. The van der Waals surface area contributed by atoms with Crippen LogP contribution in [-0.4, -0.2) is 16.9 Å². The van der Waals surface area contributed by atoms with E-state index in [0.29, 0.717) is 11.1 Å². The maximum Gasteiger partial charge on any atom is 0.160 e. The summed E-state index contributed by atoms with van der Waals surface area (Å²) in [6, 6.07) is 14.0. The van der Waals surface area contributed by atoms with Crippen molar-refractivity contribution in [3.8, 4) is 5.75 Å². The predicted molar refractivity (Wildman–Crippen MR) is 96.0 cm³/mol. The van der Waals surface area contributed by atoms with Crippen molar-refractivity contribution in [1.82, 2.24) is 9.78 Å². The highest BCUT2D eigenvalue weighted by Gasteiger charge is 2.15. The van der Waals surface area contributed by atoms with E-state index in [1.54, 1.807) is 7.11 Å². The van der Waals surface area contributed by atoms with Crippen LogP contribution in [0.3, 0.4) is 0 Å². The molecule has 23 heavy (non-hydrogen) atoms. The van der Waals surface area contributed by atoms with Gasteiger partial charge < -0.3 is 10.1 Å². The number of anilines is 2. The van der Waals surface area contributed by atoms with Gasteiger partial charge in [-0.25, -0.2) is 0 Å². The molecule has 2 aromatic carbocycles. The molecule has 1 aromatic heterocycles. The minimum atomic E-state index is 0.320. The molecule has 5 heteroatoms. The van der Waals surface area contributed by atoms with Crippen molar-refractivity contribution in [3.05, 3.63) is 47.5 Å². The van der Waals surface area contributed by atoms with Gasteiger partial charge in [0.15, 0.2) is 5.82 Å². The van der Waals surface area contributed by atoms with Gasteiger partial charge >= 0.3 is 0 Å². The zero-order chi connectivity index (χ0) is 16.4. The van der Waals surface area contributed by atoms with E-state index >= 15 is 0 Å². The molecule has 0 amide bonds. The van der Waals surface area contributed by atoms with Gasteiger partial charge in [-0.05, 0) is 49.7 Å². The Bertz CT molecular complexity index is 828. The second-order valence-corrected chi connectivity index (χ2v) is 6.01. The lowest BCUT2D eigenvalue weighted by atomic mass is 10.2. The summed E-state index contributed by atoms with van der Waals surface area (Å²) in [7, 11) is 1.67. The highest BCUT2D eigenvalue weighted by molar-refractivity contribution is 6.30. The Hall–Kier alpha value is -2.20. The van der Waals surface area contributed by atoms with Crippen molar-refractivity contribution in [2.75, 3.05) is 12.4 Å². The number of aromatic nitrogens is 2. The summed E-state index contributed by atoms with van der Waals surface area (Å²) in [5.41, 5.74) is 2.00. The maximum absolute atomic E-state index is 6.07. The van der Waals surface area contributed by atoms with Crippen molar-refractivity contribution < 1.29 is 4.74 Å². The Labute approximate surface area is 141 Å². The van der Waals surface area contributed by atoms with Crippen LogP contribution >= 0.6 is 11.6 Å². The smallest absolute Gasteiger partial charge is 0.160 e. The van der Waals surface area contributed by atoms with Crippen LogP contribution < -0.4 is 10.1 Å². The topological polar surface area (TPSA) is 39.1 Å². The molecule has 1 N–H and O–H groups in total. The molecule has 0 aliphatic rings. The molecule has 3 rings (SSSR count). The number of nitrogens with one attached hydrogen (secondary N) is 1. The summed E-state index contributed by atoms with van der Waals surface area (Å²) in [4.78, 5) is 0. The molecule has 0 fully saturated rings. The fraction of sp³-hybridized carbons (Fsp3) is 0.278. The molecule has 0 bridgehead atoms. The second-order valence-electron chi connectivity index (χ2n) is 5.57. The Morgan fingerprint density at radius 3 is 2.78 bits per heavy atom. The summed E-state index contributed by atoms with van der Waals surface area (Å²) >= 11 is 6.07. The predicted octanol–water partition coefficient (Wildman–Crippen LogP) is 5.41. The van der Waals surface area contributed by atoms with Gasteiger partial charge in [0.05, 0.1) is 12.6 Å². The first kappa shape index (κ1) is 15.7. The van der Waals surface area contributed by atoms with E-state index in [0.717, 1.165) is 34.6 Å². The van der Waals surface area contributed by atoms with E-state index in [1.165, 1.54) is 0 Å². The lowest BCUT2D eigenvalue weighted by molar-refractivity contribution is 0.415. The average molecular weight is 330 g/mol. The molecule has 0 radical (unpaired) electrons. The molecule has 3 aromatic rings. The number of hydrogen-bond acceptors (Lipinski definition) is 3. The molecule has 0 aliphatic heterocycles. The maximum atomic E-state index is 6.07. The summed E-state index contributed by atoms with van der Waals surface area (Å²) in [5, 5.41) is 9.86. The van der Waals surface area contributed by atoms with Crippen LogP contribution in [0, 0.1) is 0 Å². The molecule has 1 unspecified atom stereocenters. The molecule has 0 aliphatic carbocycles. The lowest BCUT2D eigenvalue weighted by Gasteiger charge is -2.10. The summed E-state index contributed by atoms with van der Waals surface area (Å²) in [6.07, 6.45) is 1.01. The van der Waals surface area contributed by atoms with Gasteiger partial charge in [0.1, 0.15) is 5.75 Å². The molecular weight excluding hydrogens is 310 g/mol. The lowest BCUT2D eigenvalue weighted by Crippen LogP contribution is -2.05. The van der Waals surface area contributed by atoms with Crippen LogP contribution in [-0.2, 0) is 0 Å². The van der Waals surface area contributed by atoms with Crippen molar-refractivity contribution in [2.45, 2.75) is 26.3 Å². The van der Waals surface area contributed by atoms with E-state index in [-0.39, 0.29) is 0 Å². The van der Waals surface area contributed by atoms with E-state index in [2.05, 4.69) is 29.9 Å². The number of rotatable bonds is 5. The number of nitrogens with zero attached hydrogens (tertiary/aromatic N) is 2. The molecule has 0 saturated heterocycles. The normalized spacial score (nSPS) is 12.3. The number of hydrogen-bond donors (Lipinski definition) is 1. The first-order chi connectivity index (χ1) is 11.1. The van der Waals surface area contributed by atoms with Crippen LogP contribution in [0.2, 0.25) is 5.02 Å². The van der Waals surface area contributed by atoms with Gasteiger partial charge in [0.2, 0.25) is 0 Å². The molecule has 120 valence electrons. The minimum Gasteiger partial charge on any atom is -0.497 e. The number of fused-ring (bicyclic) bond motifs is 1. The third kappa shape index (κ3) is 3.13. The number of benzene rings is 2. The van der Waals surface area contributed by atoms with Gasteiger partial charge in [-0.15, -0.1) is 0 Å². The van der Waals surface area contributed by atoms with Crippen molar-refractivity contribution in [1.29, 1.82) is 0 Å². The van der Waals surface area contributed by atoms with E-state index < -0.39 is 0 Å². The molecule has 1 heterocycles. The van der Waals surface area contributed by atoms with Gasteiger partial charge in [-0.1, -0.05) is 24.6 Å². The monoisotopic (exact) mass is 329 g/mol. The highest BCUT2D eigenvalue weighted by Crippen LogP contribution is 2.32. The Morgan fingerprint density at radius 2 is 2.09 bits per heavy atom. The highest BCUT2D eigenvalue weighted by atomic mass is 35.5. The molecule has 0 spiro atoms. The average Bonchev–Trinajstić information content (AvgIpc) is 2.92. The number of methoxy groups -OCH3 is 1. The third-order valence-electron chi connectivity index (χ3n) is 4.01. The Morgan fingerprint density at radius 1 is 1.26 bits per heavy atom. The van der Waals surface area contributed by atoms with Gasteiger partial charge in [0, 0.05) is 22.1 Å². The fourth-order valence-corrected chi connectivity index (χ4v) is 2.74. The second kappa shape index (κ2) is 6.50. The van der Waals surface area contributed by atoms with E-state index in [4.69, 9.17) is 21.4 Å². The van der Waals surface area contributed by atoms with Crippen molar-refractivity contribution >= 4 is 34.0 Å².